The molecule has 110 valence electrons. The van der Waals surface area contributed by atoms with Crippen LogP contribution in [0.3, 0.4) is 0 Å². The van der Waals surface area contributed by atoms with Crippen LogP contribution in [0.5, 0.6) is 0 Å². The predicted octanol–water partition coefficient (Wildman–Crippen LogP) is 2.45. The third-order valence-corrected chi connectivity index (χ3v) is 3.43. The van der Waals surface area contributed by atoms with Crippen molar-refractivity contribution >= 4 is 18.5 Å². The van der Waals surface area contributed by atoms with Gasteiger partial charge in [0.05, 0.1) is 12.6 Å². The van der Waals surface area contributed by atoms with Gasteiger partial charge in [0.25, 0.3) is 5.91 Å². The van der Waals surface area contributed by atoms with E-state index in [-0.39, 0.29) is 17.4 Å². The van der Waals surface area contributed by atoms with Crippen molar-refractivity contribution in [1.82, 2.24) is 5.32 Å². The highest BCUT2D eigenvalue weighted by atomic mass is 32.1. The van der Waals surface area contributed by atoms with Crippen molar-refractivity contribution in [3.63, 3.8) is 0 Å². The van der Waals surface area contributed by atoms with Gasteiger partial charge in [-0.3, -0.25) is 4.79 Å². The Morgan fingerprint density at radius 2 is 1.95 bits per heavy atom. The van der Waals surface area contributed by atoms with Gasteiger partial charge in [0.15, 0.2) is 0 Å². The second-order valence-corrected chi connectivity index (χ2v) is 5.19. The number of hydrogen-bond donors (Lipinski definition) is 3. The predicted molar refractivity (Wildman–Crippen MR) is 82.1 cm³/mol. The number of aliphatic hydroxyl groups is 1. The zero-order valence-corrected chi connectivity index (χ0v) is 12.2. The van der Waals surface area contributed by atoms with Crippen LogP contribution in [0.1, 0.15) is 15.9 Å². The first kappa shape index (κ1) is 15.5. The summed E-state index contributed by atoms with van der Waals surface area (Å²) in [7, 11) is 0. The SMILES string of the molecule is O=C(NC(CO)Cc1ccccc1)c1ccc(F)c(S)c1. The van der Waals surface area contributed by atoms with Gasteiger partial charge in [0, 0.05) is 10.5 Å². The standard InChI is InChI=1S/C16H16FNO2S/c17-14-7-6-12(9-15(14)21)16(20)18-13(10-19)8-11-4-2-1-3-5-11/h1-7,9,13,19,21H,8,10H2,(H,18,20). The Hall–Kier alpha value is -1.85. The van der Waals surface area contributed by atoms with Crippen LogP contribution in [0.25, 0.3) is 0 Å². The summed E-state index contributed by atoms with van der Waals surface area (Å²) in [6, 6.07) is 13.1. The van der Waals surface area contributed by atoms with E-state index in [1.54, 1.807) is 0 Å². The molecule has 0 spiro atoms. The van der Waals surface area contributed by atoms with Crippen LogP contribution in [0, 0.1) is 5.82 Å². The summed E-state index contributed by atoms with van der Waals surface area (Å²) in [5.41, 5.74) is 1.33. The molecule has 21 heavy (non-hydrogen) atoms. The molecule has 0 radical (unpaired) electrons. The first-order valence-electron chi connectivity index (χ1n) is 6.54. The lowest BCUT2D eigenvalue weighted by molar-refractivity contribution is 0.0916. The van der Waals surface area contributed by atoms with Gasteiger partial charge in [0.1, 0.15) is 5.82 Å². The van der Waals surface area contributed by atoms with Crippen molar-refractivity contribution in [2.45, 2.75) is 17.4 Å². The van der Waals surface area contributed by atoms with E-state index in [0.29, 0.717) is 12.0 Å². The molecule has 0 fully saturated rings. The van der Waals surface area contributed by atoms with E-state index in [1.165, 1.54) is 18.2 Å². The minimum absolute atomic E-state index is 0.117. The third-order valence-electron chi connectivity index (χ3n) is 3.09. The molecule has 0 aliphatic carbocycles. The van der Waals surface area contributed by atoms with Crippen molar-refractivity contribution in [3.8, 4) is 0 Å². The molecule has 0 saturated carbocycles. The lowest BCUT2D eigenvalue weighted by atomic mass is 10.1. The average molecular weight is 305 g/mol. The monoisotopic (exact) mass is 305 g/mol. The molecule has 0 saturated heterocycles. The van der Waals surface area contributed by atoms with Crippen LogP contribution < -0.4 is 5.32 Å². The highest BCUT2D eigenvalue weighted by molar-refractivity contribution is 7.80. The van der Waals surface area contributed by atoms with Crippen molar-refractivity contribution in [2.24, 2.45) is 0 Å². The Kier molecular flexibility index (Phi) is 5.36. The number of aliphatic hydroxyl groups excluding tert-OH is 1. The van der Waals surface area contributed by atoms with Crippen LogP contribution >= 0.6 is 12.6 Å². The summed E-state index contributed by atoms with van der Waals surface area (Å²) in [6.07, 6.45) is 0.526. The minimum atomic E-state index is -0.474. The molecule has 1 amide bonds. The molecule has 2 aromatic rings. The summed E-state index contributed by atoms with van der Waals surface area (Å²) in [5.74, 6) is -0.835. The highest BCUT2D eigenvalue weighted by Crippen LogP contribution is 2.14. The van der Waals surface area contributed by atoms with Crippen molar-refractivity contribution < 1.29 is 14.3 Å². The zero-order chi connectivity index (χ0) is 15.2. The summed E-state index contributed by atoms with van der Waals surface area (Å²) in [5, 5.41) is 12.1. The number of benzene rings is 2. The van der Waals surface area contributed by atoms with Crippen LogP contribution in [-0.4, -0.2) is 23.7 Å². The molecule has 1 atom stereocenters. The van der Waals surface area contributed by atoms with E-state index >= 15 is 0 Å². The molecule has 0 bridgehead atoms. The average Bonchev–Trinajstić information content (AvgIpc) is 2.50. The molecule has 1 unspecified atom stereocenters. The van der Waals surface area contributed by atoms with Gasteiger partial charge in [0.2, 0.25) is 0 Å². The molecular weight excluding hydrogens is 289 g/mol. The number of carbonyl (C=O) groups is 1. The van der Waals surface area contributed by atoms with Crippen LogP contribution in [0.4, 0.5) is 4.39 Å². The maximum absolute atomic E-state index is 13.1. The largest absolute Gasteiger partial charge is 0.394 e. The Balaban J connectivity index is 2.04. The fourth-order valence-corrected chi connectivity index (χ4v) is 2.20. The number of carbonyl (C=O) groups excluding carboxylic acids is 1. The van der Waals surface area contributed by atoms with Gasteiger partial charge >= 0.3 is 0 Å². The molecule has 2 rings (SSSR count). The van der Waals surface area contributed by atoms with Crippen molar-refractivity contribution in [2.75, 3.05) is 6.61 Å². The number of nitrogens with one attached hydrogen (secondary N) is 1. The molecule has 2 N–H and O–H groups in total. The fourth-order valence-electron chi connectivity index (χ4n) is 1.98. The Morgan fingerprint density at radius 3 is 2.57 bits per heavy atom. The topological polar surface area (TPSA) is 49.3 Å². The van der Waals surface area contributed by atoms with Crippen LogP contribution in [0.2, 0.25) is 0 Å². The maximum Gasteiger partial charge on any atom is 0.251 e. The van der Waals surface area contributed by atoms with Gasteiger partial charge in [-0.05, 0) is 30.2 Å². The molecule has 5 heteroatoms. The van der Waals surface area contributed by atoms with Crippen LogP contribution in [0.15, 0.2) is 53.4 Å². The fraction of sp³-hybridized carbons (Fsp3) is 0.188. The van der Waals surface area contributed by atoms with E-state index < -0.39 is 11.9 Å². The van der Waals surface area contributed by atoms with Crippen molar-refractivity contribution in [3.05, 3.63) is 65.5 Å². The Morgan fingerprint density at radius 1 is 1.24 bits per heavy atom. The van der Waals surface area contributed by atoms with E-state index in [4.69, 9.17) is 0 Å². The first-order chi connectivity index (χ1) is 10.1. The van der Waals surface area contributed by atoms with Crippen LogP contribution in [-0.2, 0) is 6.42 Å². The number of rotatable bonds is 5. The summed E-state index contributed by atoms with van der Waals surface area (Å²) in [6.45, 7) is -0.171. The van der Waals surface area contributed by atoms with Gasteiger partial charge in [-0.15, -0.1) is 12.6 Å². The first-order valence-corrected chi connectivity index (χ1v) is 6.99. The number of halogens is 1. The van der Waals surface area contributed by atoms with Gasteiger partial charge in [-0.2, -0.15) is 0 Å². The Bertz CT molecular complexity index is 619. The van der Waals surface area contributed by atoms with Gasteiger partial charge in [-0.1, -0.05) is 30.3 Å². The summed E-state index contributed by atoms with van der Waals surface area (Å²) >= 11 is 3.95. The normalized spacial score (nSPS) is 12.0. The molecule has 0 aromatic heterocycles. The van der Waals surface area contributed by atoms with E-state index in [0.717, 1.165) is 5.56 Å². The van der Waals surface area contributed by atoms with Gasteiger partial charge < -0.3 is 10.4 Å². The minimum Gasteiger partial charge on any atom is -0.394 e. The van der Waals surface area contributed by atoms with Gasteiger partial charge in [-0.25, -0.2) is 4.39 Å². The lowest BCUT2D eigenvalue weighted by Gasteiger charge is -2.16. The van der Waals surface area contributed by atoms with E-state index in [2.05, 4.69) is 17.9 Å². The second kappa shape index (κ2) is 7.24. The zero-order valence-electron chi connectivity index (χ0n) is 11.3. The summed E-state index contributed by atoms with van der Waals surface area (Å²) in [4.78, 5) is 12.2. The Labute approximate surface area is 128 Å². The number of amides is 1. The number of hydrogen-bond acceptors (Lipinski definition) is 3. The smallest absolute Gasteiger partial charge is 0.251 e. The van der Waals surface area contributed by atoms with E-state index in [9.17, 15) is 14.3 Å². The van der Waals surface area contributed by atoms with Crippen molar-refractivity contribution in [1.29, 1.82) is 0 Å². The quantitative estimate of drug-likeness (QED) is 0.743. The molecule has 3 nitrogen and oxygen atoms in total. The number of thiol groups is 1. The molecule has 2 aromatic carbocycles. The maximum atomic E-state index is 13.1. The lowest BCUT2D eigenvalue weighted by Crippen LogP contribution is -2.39. The summed E-state index contributed by atoms with van der Waals surface area (Å²) < 4.78 is 13.1. The van der Waals surface area contributed by atoms with E-state index in [1.807, 2.05) is 30.3 Å². The molecular formula is C16H16FNO2S. The second-order valence-electron chi connectivity index (χ2n) is 4.71. The highest BCUT2D eigenvalue weighted by Gasteiger charge is 2.14. The third kappa shape index (κ3) is 4.31. The molecule has 0 aliphatic heterocycles. The molecule has 0 heterocycles. The molecule has 0 aliphatic rings.